The molecule has 39 heavy (non-hydrogen) atoms. The van der Waals surface area contributed by atoms with Crippen LogP contribution in [0.4, 0.5) is 5.69 Å². The normalized spacial score (nSPS) is 11.8. The Hall–Kier alpha value is -4.08. The number of carbonyl (C=O) groups excluding carboxylic acids is 1. The molecule has 9 nitrogen and oxygen atoms in total. The number of carboxylic acid groups (broad SMARTS) is 1. The molecule has 0 saturated heterocycles. The van der Waals surface area contributed by atoms with Crippen molar-refractivity contribution in [2.24, 2.45) is 7.05 Å². The maximum atomic E-state index is 13.4. The van der Waals surface area contributed by atoms with E-state index in [1.165, 1.54) is 16.7 Å². The number of benzene rings is 3. The Kier molecular flexibility index (Phi) is 8.13. The second-order valence-electron chi connectivity index (χ2n) is 9.03. The van der Waals surface area contributed by atoms with Crippen LogP contribution >= 0.6 is 23.2 Å². The predicted octanol–water partition coefficient (Wildman–Crippen LogP) is 3.88. The van der Waals surface area contributed by atoms with Crippen LogP contribution in [0.1, 0.15) is 22.8 Å². The summed E-state index contributed by atoms with van der Waals surface area (Å²) in [5, 5.41) is 12.8. The molecule has 1 heterocycles. The molecule has 2 N–H and O–H groups in total. The van der Waals surface area contributed by atoms with Gasteiger partial charge >= 0.3 is 11.7 Å². The highest BCUT2D eigenvalue weighted by Crippen LogP contribution is 2.24. The zero-order valence-corrected chi connectivity index (χ0v) is 23.0. The Morgan fingerprint density at radius 2 is 1.67 bits per heavy atom. The fourth-order valence-electron chi connectivity index (χ4n) is 4.26. The molecule has 3 aromatic carbocycles. The van der Waals surface area contributed by atoms with Gasteiger partial charge in [-0.15, -0.1) is 0 Å². The highest BCUT2D eigenvalue weighted by Gasteiger charge is 2.24. The van der Waals surface area contributed by atoms with Gasteiger partial charge in [0.05, 0.1) is 32.2 Å². The van der Waals surface area contributed by atoms with E-state index in [4.69, 9.17) is 23.2 Å². The Morgan fingerprint density at radius 1 is 1.03 bits per heavy atom. The molecule has 1 amide bonds. The van der Waals surface area contributed by atoms with Crippen molar-refractivity contribution in [1.82, 2.24) is 14.5 Å². The minimum atomic E-state index is -1.28. The van der Waals surface area contributed by atoms with Gasteiger partial charge < -0.3 is 15.3 Å². The number of nitrogens with one attached hydrogen (secondary N) is 1. The third-order valence-corrected chi connectivity index (χ3v) is 7.23. The van der Waals surface area contributed by atoms with E-state index in [0.717, 1.165) is 16.8 Å². The van der Waals surface area contributed by atoms with Crippen LogP contribution in [0.15, 0.2) is 70.3 Å². The fourth-order valence-corrected chi connectivity index (χ4v) is 4.83. The quantitative estimate of drug-likeness (QED) is 0.333. The van der Waals surface area contributed by atoms with Crippen LogP contribution in [0.3, 0.4) is 0 Å². The number of fused-ring (bicyclic) bond motifs is 1. The van der Waals surface area contributed by atoms with Crippen LogP contribution in [0.5, 0.6) is 0 Å². The van der Waals surface area contributed by atoms with Gasteiger partial charge in [-0.05, 0) is 55.0 Å². The van der Waals surface area contributed by atoms with Gasteiger partial charge in [0.1, 0.15) is 6.04 Å². The van der Waals surface area contributed by atoms with Crippen molar-refractivity contribution in [3.8, 4) is 5.69 Å². The number of aromatic nitrogens is 2. The van der Waals surface area contributed by atoms with Crippen molar-refractivity contribution < 1.29 is 14.7 Å². The minimum absolute atomic E-state index is 0.0118. The van der Waals surface area contributed by atoms with Gasteiger partial charge in [-0.3, -0.25) is 14.2 Å². The standard InChI is InChI=1S/C28H26Cl2N4O5/c1-4-32(2)18-12-13-23-19(15-18)26(36)34(28(39)33(23)3)17-10-8-16(9-11-17)14-22(27(37)38)31-25(35)24-20(29)6-5-7-21(24)30/h5-13,15,22H,4,14H2,1-3H3,(H,31,35)(H,37,38)/t22-/m0/s1. The number of rotatable bonds is 8. The van der Waals surface area contributed by atoms with Gasteiger partial charge in [0, 0.05) is 32.7 Å². The van der Waals surface area contributed by atoms with E-state index in [2.05, 4.69) is 5.32 Å². The Labute approximate surface area is 233 Å². The smallest absolute Gasteiger partial charge is 0.335 e. The number of carboxylic acids is 1. The average molecular weight is 569 g/mol. The molecule has 0 aliphatic heterocycles. The van der Waals surface area contributed by atoms with Crippen LogP contribution < -0.4 is 21.5 Å². The van der Waals surface area contributed by atoms with E-state index in [1.807, 2.05) is 24.9 Å². The van der Waals surface area contributed by atoms with Crippen LogP contribution in [0.25, 0.3) is 16.6 Å². The summed E-state index contributed by atoms with van der Waals surface area (Å²) in [5.74, 6) is -1.96. The zero-order chi connectivity index (χ0) is 28.4. The number of carbonyl (C=O) groups is 2. The van der Waals surface area contributed by atoms with E-state index < -0.39 is 29.2 Å². The molecular weight excluding hydrogens is 543 g/mol. The van der Waals surface area contributed by atoms with Crippen molar-refractivity contribution in [2.45, 2.75) is 19.4 Å². The summed E-state index contributed by atoms with van der Waals surface area (Å²) < 4.78 is 2.49. The molecular formula is C28H26Cl2N4O5. The minimum Gasteiger partial charge on any atom is -0.480 e. The summed E-state index contributed by atoms with van der Waals surface area (Å²) in [6, 6.07) is 15.0. The molecule has 0 aliphatic rings. The van der Waals surface area contributed by atoms with Crippen LogP contribution in [-0.2, 0) is 18.3 Å². The fraction of sp³-hybridized carbons (Fsp3) is 0.214. The Balaban J connectivity index is 1.65. The molecule has 0 fully saturated rings. The van der Waals surface area contributed by atoms with E-state index in [9.17, 15) is 24.3 Å². The molecule has 202 valence electrons. The van der Waals surface area contributed by atoms with Crippen LogP contribution in [0, 0.1) is 0 Å². The van der Waals surface area contributed by atoms with E-state index >= 15 is 0 Å². The molecule has 0 unspecified atom stereocenters. The second-order valence-corrected chi connectivity index (χ2v) is 9.84. The second kappa shape index (κ2) is 11.3. The SMILES string of the molecule is CCN(C)c1ccc2c(c1)c(=O)n(-c1ccc(C[C@H](NC(=O)c3c(Cl)cccc3Cl)C(=O)O)cc1)c(=O)n2C. The molecule has 0 spiro atoms. The van der Waals surface area contributed by atoms with Crippen molar-refractivity contribution in [2.75, 3.05) is 18.5 Å². The lowest BCUT2D eigenvalue weighted by molar-refractivity contribution is -0.139. The van der Waals surface area contributed by atoms with E-state index in [-0.39, 0.29) is 22.0 Å². The number of aliphatic carboxylic acids is 1. The van der Waals surface area contributed by atoms with Gasteiger partial charge in [-0.25, -0.2) is 14.2 Å². The van der Waals surface area contributed by atoms with Crippen LogP contribution in [0.2, 0.25) is 10.0 Å². The molecule has 0 radical (unpaired) electrons. The monoisotopic (exact) mass is 568 g/mol. The van der Waals surface area contributed by atoms with Gasteiger partial charge in [-0.1, -0.05) is 41.4 Å². The number of halogens is 2. The number of hydrogen-bond acceptors (Lipinski definition) is 5. The summed E-state index contributed by atoms with van der Waals surface area (Å²) >= 11 is 12.2. The molecule has 1 aromatic heterocycles. The molecule has 0 bridgehead atoms. The molecule has 0 aliphatic carbocycles. The number of amides is 1. The topological polar surface area (TPSA) is 114 Å². The lowest BCUT2D eigenvalue weighted by atomic mass is 10.0. The first-order valence-electron chi connectivity index (χ1n) is 12.1. The maximum Gasteiger partial charge on any atom is 0.335 e. The van der Waals surface area contributed by atoms with Crippen molar-refractivity contribution in [3.63, 3.8) is 0 Å². The van der Waals surface area contributed by atoms with Crippen molar-refractivity contribution in [3.05, 3.63) is 103 Å². The van der Waals surface area contributed by atoms with Gasteiger partial charge in [0.25, 0.3) is 11.5 Å². The van der Waals surface area contributed by atoms with Crippen LogP contribution in [-0.4, -0.2) is 45.8 Å². The lowest BCUT2D eigenvalue weighted by Gasteiger charge is -2.18. The third-order valence-electron chi connectivity index (χ3n) is 6.60. The number of nitrogens with zero attached hydrogens (tertiary/aromatic N) is 3. The van der Waals surface area contributed by atoms with E-state index in [0.29, 0.717) is 22.2 Å². The Morgan fingerprint density at radius 3 is 2.26 bits per heavy atom. The number of aryl methyl sites for hydroxylation is 1. The number of anilines is 1. The predicted molar refractivity (Wildman–Crippen MR) is 153 cm³/mol. The van der Waals surface area contributed by atoms with Crippen molar-refractivity contribution >= 4 is 51.7 Å². The average Bonchev–Trinajstić information content (AvgIpc) is 2.91. The molecule has 1 atom stereocenters. The van der Waals surface area contributed by atoms with Gasteiger partial charge in [-0.2, -0.15) is 0 Å². The lowest BCUT2D eigenvalue weighted by Crippen LogP contribution is -2.42. The first-order chi connectivity index (χ1) is 18.5. The maximum absolute atomic E-state index is 13.4. The Bertz CT molecular complexity index is 1680. The first-order valence-corrected chi connectivity index (χ1v) is 12.8. The summed E-state index contributed by atoms with van der Waals surface area (Å²) in [4.78, 5) is 53.1. The first kappa shape index (κ1) is 27.9. The van der Waals surface area contributed by atoms with Crippen molar-refractivity contribution in [1.29, 1.82) is 0 Å². The van der Waals surface area contributed by atoms with Gasteiger partial charge in [0.15, 0.2) is 0 Å². The zero-order valence-electron chi connectivity index (χ0n) is 21.4. The number of hydrogen-bond donors (Lipinski definition) is 2. The van der Waals surface area contributed by atoms with E-state index in [1.54, 1.807) is 49.5 Å². The largest absolute Gasteiger partial charge is 0.480 e. The summed E-state index contributed by atoms with van der Waals surface area (Å²) in [6.45, 7) is 2.74. The third kappa shape index (κ3) is 5.55. The summed E-state index contributed by atoms with van der Waals surface area (Å²) in [5.41, 5.74) is 1.28. The summed E-state index contributed by atoms with van der Waals surface area (Å²) in [7, 11) is 3.51. The highest BCUT2D eigenvalue weighted by molar-refractivity contribution is 6.39. The van der Waals surface area contributed by atoms with Gasteiger partial charge in [0.2, 0.25) is 0 Å². The summed E-state index contributed by atoms with van der Waals surface area (Å²) in [6.07, 6.45) is -0.0548. The molecule has 4 rings (SSSR count). The molecule has 0 saturated carbocycles. The highest BCUT2D eigenvalue weighted by atomic mass is 35.5. The molecule has 11 heteroatoms. The molecule has 4 aromatic rings.